The lowest BCUT2D eigenvalue weighted by molar-refractivity contribution is 0.797. The Hall–Kier alpha value is -1.17. The molecule has 20 heavy (non-hydrogen) atoms. The van der Waals surface area contributed by atoms with Gasteiger partial charge >= 0.3 is 0 Å². The third kappa shape index (κ3) is 2.41. The number of anilines is 3. The summed E-state index contributed by atoms with van der Waals surface area (Å²) in [6.07, 6.45) is 2.44. The van der Waals surface area contributed by atoms with Crippen LogP contribution in [0.5, 0.6) is 0 Å². The molecule has 1 aromatic carbocycles. The minimum Gasteiger partial charge on any atom is -0.337 e. The minimum atomic E-state index is 0.153. The fourth-order valence-corrected chi connectivity index (χ4v) is 2.90. The van der Waals surface area contributed by atoms with E-state index >= 15 is 0 Å². The van der Waals surface area contributed by atoms with Crippen LogP contribution in [0.15, 0.2) is 24.4 Å². The maximum absolute atomic E-state index is 6.08. The van der Waals surface area contributed by atoms with E-state index in [-0.39, 0.29) is 5.28 Å². The van der Waals surface area contributed by atoms with Gasteiger partial charge in [0.2, 0.25) is 5.28 Å². The van der Waals surface area contributed by atoms with Gasteiger partial charge < -0.3 is 9.62 Å². The Bertz CT molecular complexity index is 665. The summed E-state index contributed by atoms with van der Waals surface area (Å²) in [5.41, 5.74) is 3.20. The zero-order valence-electron chi connectivity index (χ0n) is 10.6. The van der Waals surface area contributed by atoms with E-state index in [1.165, 1.54) is 11.8 Å². The molecule has 0 fully saturated rings. The first-order chi connectivity index (χ1) is 9.56. The van der Waals surface area contributed by atoms with Gasteiger partial charge in [0.1, 0.15) is 5.02 Å². The smallest absolute Gasteiger partial charge is 0.224 e. The molecule has 2 heterocycles. The van der Waals surface area contributed by atoms with Crippen LogP contribution in [0.25, 0.3) is 0 Å². The number of benzene rings is 1. The highest BCUT2D eigenvalue weighted by Crippen LogP contribution is 2.41. The van der Waals surface area contributed by atoms with Crippen LogP contribution in [-0.2, 0) is 6.42 Å². The Morgan fingerprint density at radius 3 is 3.00 bits per heavy atom. The van der Waals surface area contributed by atoms with E-state index in [2.05, 4.69) is 41.1 Å². The van der Waals surface area contributed by atoms with Gasteiger partial charge in [-0.1, -0.05) is 36.5 Å². The lowest BCUT2D eigenvalue weighted by atomic mass is 10.1. The van der Waals surface area contributed by atoms with Crippen LogP contribution < -0.4 is 9.62 Å². The number of hydrogen-bond acceptors (Lipinski definition) is 5. The highest BCUT2D eigenvalue weighted by atomic mass is 35.5. The molecule has 2 aromatic rings. The van der Waals surface area contributed by atoms with E-state index in [9.17, 15) is 0 Å². The van der Waals surface area contributed by atoms with Crippen LogP contribution in [0.3, 0.4) is 0 Å². The van der Waals surface area contributed by atoms with Crippen molar-refractivity contribution in [2.75, 3.05) is 9.62 Å². The number of nitrogens with zero attached hydrogens (tertiary/aromatic N) is 3. The third-order valence-corrected chi connectivity index (χ3v) is 4.30. The Labute approximate surface area is 132 Å². The number of rotatable bonds is 2. The lowest BCUT2D eigenvalue weighted by Gasteiger charge is -2.20. The zero-order valence-corrected chi connectivity index (χ0v) is 13.0. The summed E-state index contributed by atoms with van der Waals surface area (Å²) in [4.78, 5) is 7.94. The van der Waals surface area contributed by atoms with Crippen molar-refractivity contribution in [1.82, 2.24) is 9.97 Å². The van der Waals surface area contributed by atoms with Crippen molar-refractivity contribution in [3.05, 3.63) is 40.3 Å². The summed E-state index contributed by atoms with van der Waals surface area (Å²) >= 11 is 16.4. The Balaban J connectivity index is 2.01. The van der Waals surface area contributed by atoms with Gasteiger partial charge in [-0.05, 0) is 36.6 Å². The fourth-order valence-electron chi connectivity index (χ4n) is 2.31. The van der Waals surface area contributed by atoms with Gasteiger partial charge in [0.15, 0.2) is 5.82 Å². The van der Waals surface area contributed by atoms with Crippen LogP contribution in [0.4, 0.5) is 17.2 Å². The minimum absolute atomic E-state index is 0.153. The van der Waals surface area contributed by atoms with Crippen molar-refractivity contribution in [1.29, 1.82) is 0 Å². The van der Waals surface area contributed by atoms with Gasteiger partial charge in [0.25, 0.3) is 0 Å². The molecule has 1 aromatic heterocycles. The maximum Gasteiger partial charge on any atom is 0.224 e. The van der Waals surface area contributed by atoms with Crippen molar-refractivity contribution in [3.63, 3.8) is 0 Å². The number of para-hydroxylation sites is 1. The number of thiol groups is 1. The van der Waals surface area contributed by atoms with Gasteiger partial charge in [0, 0.05) is 6.04 Å². The monoisotopic (exact) mass is 326 g/mol. The van der Waals surface area contributed by atoms with E-state index in [1.54, 1.807) is 0 Å². The first kappa shape index (κ1) is 13.8. The van der Waals surface area contributed by atoms with E-state index in [4.69, 9.17) is 23.2 Å². The van der Waals surface area contributed by atoms with E-state index in [0.717, 1.165) is 17.8 Å². The van der Waals surface area contributed by atoms with Gasteiger partial charge in [-0.15, -0.1) is 0 Å². The van der Waals surface area contributed by atoms with Gasteiger partial charge in [-0.25, -0.2) is 4.98 Å². The number of halogens is 2. The molecule has 0 bridgehead atoms. The molecule has 3 rings (SSSR count). The Kier molecular flexibility index (Phi) is 3.67. The Morgan fingerprint density at radius 2 is 2.20 bits per heavy atom. The van der Waals surface area contributed by atoms with Crippen molar-refractivity contribution in [2.24, 2.45) is 0 Å². The molecule has 0 saturated heterocycles. The molecular formula is C13H12Cl2N4S. The second kappa shape index (κ2) is 5.31. The summed E-state index contributed by atoms with van der Waals surface area (Å²) < 4.78 is 1.95. The predicted molar refractivity (Wildman–Crippen MR) is 86.4 cm³/mol. The number of nitrogens with one attached hydrogen (secondary N) is 1. The zero-order chi connectivity index (χ0) is 14.3. The molecule has 1 N–H and O–H groups in total. The highest BCUT2D eigenvalue weighted by molar-refractivity contribution is 7.81. The molecule has 0 spiro atoms. The second-order valence-corrected chi connectivity index (χ2v) is 5.85. The molecule has 1 aliphatic heterocycles. The first-order valence-electron chi connectivity index (χ1n) is 6.11. The van der Waals surface area contributed by atoms with Crippen LogP contribution in [0.1, 0.15) is 12.5 Å². The fraction of sp³-hybridized carbons (Fsp3) is 0.231. The van der Waals surface area contributed by atoms with Gasteiger partial charge in [0.05, 0.1) is 17.6 Å². The van der Waals surface area contributed by atoms with Crippen LogP contribution >= 0.6 is 36.0 Å². The molecule has 4 nitrogen and oxygen atoms in total. The number of aromatic nitrogens is 2. The quantitative estimate of drug-likeness (QED) is 0.643. The van der Waals surface area contributed by atoms with Gasteiger partial charge in [-0.3, -0.25) is 0 Å². The summed E-state index contributed by atoms with van der Waals surface area (Å²) in [7, 11) is 0. The van der Waals surface area contributed by atoms with Crippen LogP contribution in [-0.4, -0.2) is 16.0 Å². The van der Waals surface area contributed by atoms with Gasteiger partial charge in [-0.2, -0.15) is 4.98 Å². The predicted octanol–water partition coefficient (Wildman–Crippen LogP) is 4.12. The van der Waals surface area contributed by atoms with Crippen molar-refractivity contribution in [3.8, 4) is 0 Å². The molecule has 104 valence electrons. The number of hydrogen-bond donors (Lipinski definition) is 2. The number of fused-ring (bicyclic) bond motifs is 1. The largest absolute Gasteiger partial charge is 0.337 e. The van der Waals surface area contributed by atoms with Crippen LogP contribution in [0.2, 0.25) is 10.3 Å². The third-order valence-electron chi connectivity index (χ3n) is 3.25. The molecule has 1 atom stereocenters. The van der Waals surface area contributed by atoms with Crippen molar-refractivity contribution >= 4 is 53.2 Å². The van der Waals surface area contributed by atoms with Crippen LogP contribution in [0, 0.1) is 0 Å². The van der Waals surface area contributed by atoms with E-state index in [1.807, 2.05) is 16.4 Å². The van der Waals surface area contributed by atoms with Crippen molar-refractivity contribution in [2.45, 2.75) is 19.4 Å². The topological polar surface area (TPSA) is 41.1 Å². The summed E-state index contributed by atoms with van der Waals surface area (Å²) in [6, 6.07) is 6.41. The molecule has 1 unspecified atom stereocenters. The summed E-state index contributed by atoms with van der Waals surface area (Å²) in [5, 5.41) is 3.78. The molecular weight excluding hydrogens is 315 g/mol. The lowest BCUT2D eigenvalue weighted by Crippen LogP contribution is -2.18. The van der Waals surface area contributed by atoms with Crippen molar-refractivity contribution < 1.29 is 0 Å². The first-order valence-corrected chi connectivity index (χ1v) is 7.27. The molecule has 1 aliphatic rings. The summed E-state index contributed by atoms with van der Waals surface area (Å²) in [5.74, 6) is 0.487. The average molecular weight is 327 g/mol. The second-order valence-electron chi connectivity index (χ2n) is 4.67. The summed E-state index contributed by atoms with van der Waals surface area (Å²) in [6.45, 7) is 2.13. The van der Waals surface area contributed by atoms with E-state index < -0.39 is 0 Å². The average Bonchev–Trinajstić information content (AvgIpc) is 2.71. The maximum atomic E-state index is 6.08. The molecule has 0 radical (unpaired) electrons. The molecule has 7 heteroatoms. The standard InChI is InChI=1S/C13H12Cl2N4S/c1-7-5-8-3-2-4-10(11(8)19(7)20)17-12-9(14)6-16-13(15)18-12/h2-4,6-7,20H,5H2,1H3,(H,16,17,18). The molecule has 0 aliphatic carbocycles. The molecule has 0 saturated carbocycles. The normalized spacial score (nSPS) is 17.2. The molecule has 0 amide bonds. The Morgan fingerprint density at radius 1 is 1.40 bits per heavy atom. The SMILES string of the molecule is CC1Cc2cccc(Nc3nc(Cl)ncc3Cl)c2N1S. The van der Waals surface area contributed by atoms with E-state index in [0.29, 0.717) is 16.9 Å². The highest BCUT2D eigenvalue weighted by Gasteiger charge is 2.26.